The van der Waals surface area contributed by atoms with Gasteiger partial charge in [-0.05, 0) is 96.5 Å². The quantitative estimate of drug-likeness (QED) is 0.121. The topological polar surface area (TPSA) is 105 Å². The van der Waals surface area contributed by atoms with E-state index in [1.54, 1.807) is 40.2 Å². The van der Waals surface area contributed by atoms with Gasteiger partial charge in [-0.1, -0.05) is 84.9 Å². The summed E-state index contributed by atoms with van der Waals surface area (Å²) in [4.78, 5) is 50.5. The Hall–Kier alpha value is -5.76. The fraction of sp³-hybridized carbons (Fsp3) is 0.273. The molecule has 0 aromatic heterocycles. The molecule has 0 N–H and O–H groups in total. The molecule has 0 aliphatic heterocycles. The molecule has 0 saturated carbocycles. The van der Waals surface area contributed by atoms with Crippen LogP contribution in [0, 0.1) is 11.8 Å². The maximum atomic E-state index is 12.8. The lowest BCUT2D eigenvalue weighted by Crippen LogP contribution is -2.34. The average molecular weight is 701 g/mol. The summed E-state index contributed by atoms with van der Waals surface area (Å²) in [5, 5.41) is 0. The molecule has 0 saturated heterocycles. The van der Waals surface area contributed by atoms with Gasteiger partial charge in [0.15, 0.2) is 11.6 Å². The molecular weight excluding hydrogens is 656 g/mol. The Bertz CT molecular complexity index is 1750. The standard InChI is InChI=1S/2C22H22O4/c2*1-3-26-22(24)21-19(16-9-11-18(25-2)12-10-16)13-17(14-20(21)23)15-7-5-4-6-8-15/h2*4-12,14,19,21H,3,13H2,1-2H3/t2*19-,21-/m10/s1. The van der Waals surface area contributed by atoms with Gasteiger partial charge >= 0.3 is 11.9 Å². The fourth-order valence-corrected chi connectivity index (χ4v) is 6.80. The van der Waals surface area contributed by atoms with Crippen LogP contribution in [0.1, 0.15) is 60.8 Å². The molecule has 8 heteroatoms. The number of allylic oxidation sites excluding steroid dienone is 4. The fourth-order valence-electron chi connectivity index (χ4n) is 6.80. The van der Waals surface area contributed by atoms with Gasteiger partial charge in [-0.2, -0.15) is 0 Å². The number of benzene rings is 4. The summed E-state index contributed by atoms with van der Waals surface area (Å²) in [5.41, 5.74) is 5.75. The van der Waals surface area contributed by atoms with Gasteiger partial charge in [-0.25, -0.2) is 0 Å². The smallest absolute Gasteiger partial charge is 0.317 e. The van der Waals surface area contributed by atoms with E-state index in [1.165, 1.54) is 0 Å². The lowest BCUT2D eigenvalue weighted by atomic mass is 9.73. The van der Waals surface area contributed by atoms with Crippen LogP contribution in [-0.2, 0) is 28.7 Å². The zero-order valence-electron chi connectivity index (χ0n) is 30.0. The third-order valence-corrected chi connectivity index (χ3v) is 9.39. The lowest BCUT2D eigenvalue weighted by Gasteiger charge is -2.29. The second-order valence-corrected chi connectivity index (χ2v) is 12.5. The molecule has 2 aliphatic carbocycles. The van der Waals surface area contributed by atoms with Gasteiger partial charge in [0.1, 0.15) is 23.3 Å². The highest BCUT2D eigenvalue weighted by atomic mass is 16.5. The van der Waals surface area contributed by atoms with E-state index in [9.17, 15) is 19.2 Å². The van der Waals surface area contributed by atoms with Crippen molar-refractivity contribution in [1.82, 2.24) is 0 Å². The van der Waals surface area contributed by atoms with Crippen molar-refractivity contribution in [3.8, 4) is 11.5 Å². The van der Waals surface area contributed by atoms with Crippen LogP contribution < -0.4 is 9.47 Å². The van der Waals surface area contributed by atoms with Crippen molar-refractivity contribution in [2.24, 2.45) is 11.8 Å². The summed E-state index contributed by atoms with van der Waals surface area (Å²) >= 11 is 0. The Kier molecular flexibility index (Phi) is 12.9. The Morgan fingerprint density at radius 2 is 0.885 bits per heavy atom. The minimum absolute atomic E-state index is 0.200. The first kappa shape index (κ1) is 37.5. The molecule has 0 heterocycles. The van der Waals surface area contributed by atoms with E-state index in [4.69, 9.17) is 18.9 Å². The van der Waals surface area contributed by atoms with Gasteiger partial charge in [0, 0.05) is 11.8 Å². The second-order valence-electron chi connectivity index (χ2n) is 12.5. The second kappa shape index (κ2) is 17.9. The third kappa shape index (κ3) is 8.93. The predicted octanol–water partition coefficient (Wildman–Crippen LogP) is 8.03. The zero-order valence-corrected chi connectivity index (χ0v) is 30.0. The highest BCUT2D eigenvalue weighted by molar-refractivity contribution is 6.11. The number of esters is 2. The Morgan fingerprint density at radius 1 is 0.538 bits per heavy atom. The molecule has 0 radical (unpaired) electrons. The molecule has 52 heavy (non-hydrogen) atoms. The van der Waals surface area contributed by atoms with E-state index < -0.39 is 23.8 Å². The highest BCUT2D eigenvalue weighted by Gasteiger charge is 2.41. The van der Waals surface area contributed by atoms with Gasteiger partial charge in [-0.3, -0.25) is 19.2 Å². The van der Waals surface area contributed by atoms with Crippen LogP contribution in [0.2, 0.25) is 0 Å². The summed E-state index contributed by atoms with van der Waals surface area (Å²) in [6.07, 6.45) is 4.39. The first-order valence-corrected chi connectivity index (χ1v) is 17.5. The number of ether oxygens (including phenoxy) is 4. The van der Waals surface area contributed by atoms with E-state index in [0.717, 1.165) is 44.9 Å². The lowest BCUT2D eigenvalue weighted by molar-refractivity contribution is -0.153. The molecule has 6 rings (SSSR count). The first-order chi connectivity index (χ1) is 25.3. The number of carbonyl (C=O) groups is 4. The van der Waals surface area contributed by atoms with Crippen LogP contribution in [0.25, 0.3) is 11.1 Å². The number of hydrogen-bond acceptors (Lipinski definition) is 8. The van der Waals surface area contributed by atoms with Crippen molar-refractivity contribution in [3.63, 3.8) is 0 Å². The van der Waals surface area contributed by atoms with Crippen molar-refractivity contribution in [2.75, 3.05) is 27.4 Å². The summed E-state index contributed by atoms with van der Waals surface area (Å²) < 4.78 is 20.8. The van der Waals surface area contributed by atoms with E-state index in [1.807, 2.05) is 109 Å². The maximum Gasteiger partial charge on any atom is 0.317 e. The Labute approximate surface area is 305 Å². The molecular formula is C44H44O8. The van der Waals surface area contributed by atoms with Crippen LogP contribution in [0.3, 0.4) is 0 Å². The van der Waals surface area contributed by atoms with E-state index in [0.29, 0.717) is 12.8 Å². The molecule has 2 aliphatic rings. The first-order valence-electron chi connectivity index (χ1n) is 17.5. The molecule has 0 spiro atoms. The molecule has 268 valence electrons. The minimum atomic E-state index is -0.809. The monoisotopic (exact) mass is 700 g/mol. The summed E-state index contributed by atoms with van der Waals surface area (Å²) in [6.45, 7) is 4.01. The SMILES string of the molecule is CCOC(=O)[C@@H]1C(=O)C=C(c2ccccc2)C[C@H]1c1ccc(OC)cc1.CCOC(=O)[C@H]1C(=O)C=C(c2ccccc2)C[C@@H]1c1ccc(OC)cc1. The van der Waals surface area contributed by atoms with Crippen LogP contribution >= 0.6 is 0 Å². The summed E-state index contributed by atoms with van der Waals surface area (Å²) in [5.74, 6) is -1.97. The zero-order chi connectivity index (χ0) is 37.0. The van der Waals surface area contributed by atoms with Gasteiger partial charge in [-0.15, -0.1) is 0 Å². The van der Waals surface area contributed by atoms with Crippen LogP contribution in [-0.4, -0.2) is 50.9 Å². The summed E-state index contributed by atoms with van der Waals surface area (Å²) in [7, 11) is 3.22. The molecule has 0 amide bonds. The van der Waals surface area contributed by atoms with Crippen LogP contribution in [0.5, 0.6) is 11.5 Å². The van der Waals surface area contributed by atoms with Crippen molar-refractivity contribution in [1.29, 1.82) is 0 Å². The molecule has 8 nitrogen and oxygen atoms in total. The Balaban J connectivity index is 0.000000201. The van der Waals surface area contributed by atoms with E-state index in [2.05, 4.69) is 0 Å². The number of hydrogen-bond donors (Lipinski definition) is 0. The number of methoxy groups -OCH3 is 2. The largest absolute Gasteiger partial charge is 0.497 e. The van der Waals surface area contributed by atoms with Crippen LogP contribution in [0.4, 0.5) is 0 Å². The average Bonchev–Trinajstić information content (AvgIpc) is 3.18. The van der Waals surface area contributed by atoms with Gasteiger partial charge in [0.05, 0.1) is 27.4 Å². The highest BCUT2D eigenvalue weighted by Crippen LogP contribution is 2.42. The molecule has 0 unspecified atom stereocenters. The van der Waals surface area contributed by atoms with Crippen molar-refractivity contribution < 1.29 is 38.1 Å². The number of rotatable bonds is 10. The predicted molar refractivity (Wildman–Crippen MR) is 200 cm³/mol. The van der Waals surface area contributed by atoms with Crippen molar-refractivity contribution in [3.05, 3.63) is 144 Å². The normalized spacial score (nSPS) is 19.6. The molecule has 4 aromatic carbocycles. The van der Waals surface area contributed by atoms with Gasteiger partial charge in [0.2, 0.25) is 0 Å². The van der Waals surface area contributed by atoms with E-state index >= 15 is 0 Å². The Morgan fingerprint density at radius 3 is 1.19 bits per heavy atom. The third-order valence-electron chi connectivity index (χ3n) is 9.39. The van der Waals surface area contributed by atoms with E-state index in [-0.39, 0.29) is 36.6 Å². The van der Waals surface area contributed by atoms with Crippen molar-refractivity contribution in [2.45, 2.75) is 38.5 Å². The van der Waals surface area contributed by atoms with Gasteiger partial charge in [0.25, 0.3) is 0 Å². The maximum absolute atomic E-state index is 12.8. The molecule has 4 aromatic rings. The number of carbonyl (C=O) groups excluding carboxylic acids is 4. The van der Waals surface area contributed by atoms with Crippen LogP contribution in [0.15, 0.2) is 121 Å². The number of ketones is 2. The van der Waals surface area contributed by atoms with Gasteiger partial charge < -0.3 is 18.9 Å². The minimum Gasteiger partial charge on any atom is -0.497 e. The van der Waals surface area contributed by atoms with Crippen molar-refractivity contribution >= 4 is 34.7 Å². The molecule has 4 atom stereocenters. The molecule has 0 fully saturated rings. The molecule has 0 bridgehead atoms. The summed E-state index contributed by atoms with van der Waals surface area (Å²) in [6, 6.07) is 34.6.